The SMILES string of the molecule is CC1CC(=O)c2c(c3c(c4c(-c5ccc(N)cc5)cc(=O)oc24)OC(C)(C)C=C3)O1. The summed E-state index contributed by atoms with van der Waals surface area (Å²) in [5.74, 6) is 0.826. The van der Waals surface area contributed by atoms with Crippen LogP contribution in [-0.2, 0) is 0 Å². The Morgan fingerprint density at radius 3 is 2.57 bits per heavy atom. The van der Waals surface area contributed by atoms with Gasteiger partial charge in [0.05, 0.1) is 10.9 Å². The van der Waals surface area contributed by atoms with Crippen molar-refractivity contribution in [1.29, 1.82) is 0 Å². The molecule has 0 spiro atoms. The summed E-state index contributed by atoms with van der Waals surface area (Å²) in [5, 5.41) is 0.581. The number of Topliss-reactive ketones (excluding diaryl/α,β-unsaturated/α-hetero) is 1. The Morgan fingerprint density at radius 1 is 1.10 bits per heavy atom. The smallest absolute Gasteiger partial charge is 0.336 e. The van der Waals surface area contributed by atoms with Gasteiger partial charge in [0, 0.05) is 23.7 Å². The standard InChI is InChI=1S/C24H21NO5/c1-12-10-17(26)20-21(28-12)15-8-9-24(2,3)30-22(15)19-16(11-18(27)29-23(19)20)13-4-6-14(25)7-5-13/h4-9,11-12H,10,25H2,1-3H3. The largest absolute Gasteiger partial charge is 0.489 e. The summed E-state index contributed by atoms with van der Waals surface area (Å²) in [6.45, 7) is 5.72. The van der Waals surface area contributed by atoms with Crippen LogP contribution >= 0.6 is 0 Å². The molecule has 2 N–H and O–H groups in total. The van der Waals surface area contributed by atoms with E-state index in [1.165, 1.54) is 6.07 Å². The fraction of sp³-hybridized carbons (Fsp3) is 0.250. The van der Waals surface area contributed by atoms with Gasteiger partial charge in [-0.1, -0.05) is 12.1 Å². The number of nitrogens with two attached hydrogens (primary N) is 1. The number of ether oxygens (including phenoxy) is 2. The number of rotatable bonds is 1. The topological polar surface area (TPSA) is 91.8 Å². The van der Waals surface area contributed by atoms with Crippen molar-refractivity contribution in [2.75, 3.05) is 5.73 Å². The molecule has 0 bridgehead atoms. The quantitative estimate of drug-likeness (QED) is 0.472. The number of carbonyl (C=O) groups excluding carboxylic acids is 1. The third-order valence-electron chi connectivity index (χ3n) is 5.44. The molecule has 1 unspecified atom stereocenters. The summed E-state index contributed by atoms with van der Waals surface area (Å²) in [6.07, 6.45) is 3.78. The summed E-state index contributed by atoms with van der Waals surface area (Å²) in [4.78, 5) is 25.5. The Labute approximate surface area is 172 Å². The number of nitrogen functional groups attached to an aromatic ring is 1. The van der Waals surface area contributed by atoms with Crippen LogP contribution in [0.25, 0.3) is 28.2 Å². The molecule has 2 aliphatic rings. The average molecular weight is 403 g/mol. The van der Waals surface area contributed by atoms with Gasteiger partial charge in [0.15, 0.2) is 11.4 Å². The fourth-order valence-electron chi connectivity index (χ4n) is 4.08. The number of hydrogen-bond donors (Lipinski definition) is 1. The molecular formula is C24H21NO5. The van der Waals surface area contributed by atoms with E-state index in [4.69, 9.17) is 19.6 Å². The summed E-state index contributed by atoms with van der Waals surface area (Å²) in [7, 11) is 0. The third-order valence-corrected chi connectivity index (χ3v) is 5.44. The van der Waals surface area contributed by atoms with Crippen molar-refractivity contribution in [3.05, 3.63) is 58.0 Å². The third kappa shape index (κ3) is 2.79. The monoisotopic (exact) mass is 403 g/mol. The maximum atomic E-state index is 13.0. The Balaban J connectivity index is 1.96. The highest BCUT2D eigenvalue weighted by Gasteiger charge is 2.36. The van der Waals surface area contributed by atoms with Crippen LogP contribution in [0.3, 0.4) is 0 Å². The Morgan fingerprint density at radius 2 is 1.83 bits per heavy atom. The minimum atomic E-state index is -0.576. The van der Waals surface area contributed by atoms with E-state index in [1.54, 1.807) is 12.1 Å². The lowest BCUT2D eigenvalue weighted by Gasteiger charge is -2.33. The number of anilines is 1. The molecule has 1 atom stereocenters. The van der Waals surface area contributed by atoms with Gasteiger partial charge in [0.2, 0.25) is 0 Å². The summed E-state index contributed by atoms with van der Waals surface area (Å²) in [5.41, 5.74) is 7.91. The van der Waals surface area contributed by atoms with Crippen molar-refractivity contribution in [1.82, 2.24) is 0 Å². The maximum Gasteiger partial charge on any atom is 0.336 e. The lowest BCUT2D eigenvalue weighted by atomic mass is 9.89. The summed E-state index contributed by atoms with van der Waals surface area (Å²) in [6, 6.07) is 8.62. The molecule has 5 rings (SSSR count). The normalized spacial score (nSPS) is 19.0. The van der Waals surface area contributed by atoms with Gasteiger partial charge in [-0.2, -0.15) is 0 Å². The maximum absolute atomic E-state index is 13.0. The van der Waals surface area contributed by atoms with Gasteiger partial charge in [-0.15, -0.1) is 0 Å². The highest BCUT2D eigenvalue weighted by molar-refractivity contribution is 6.15. The molecule has 30 heavy (non-hydrogen) atoms. The fourth-order valence-corrected chi connectivity index (χ4v) is 4.08. The van der Waals surface area contributed by atoms with Crippen LogP contribution in [0.1, 0.15) is 43.1 Å². The summed E-state index contributed by atoms with van der Waals surface area (Å²) >= 11 is 0. The number of benzene rings is 2. The van der Waals surface area contributed by atoms with E-state index in [1.807, 2.05) is 45.1 Å². The Hall–Kier alpha value is -3.54. The van der Waals surface area contributed by atoms with Crippen molar-refractivity contribution in [2.45, 2.75) is 38.9 Å². The molecule has 0 saturated heterocycles. The summed E-state index contributed by atoms with van der Waals surface area (Å²) < 4.78 is 18.0. The molecule has 0 fully saturated rings. The van der Waals surface area contributed by atoms with Crippen LogP contribution in [0, 0.1) is 0 Å². The van der Waals surface area contributed by atoms with E-state index in [9.17, 15) is 9.59 Å². The van der Waals surface area contributed by atoms with Gasteiger partial charge in [-0.05, 0) is 50.6 Å². The van der Waals surface area contributed by atoms with E-state index < -0.39 is 11.2 Å². The lowest BCUT2D eigenvalue weighted by Crippen LogP contribution is -2.30. The van der Waals surface area contributed by atoms with E-state index in [0.717, 1.165) is 5.56 Å². The average Bonchev–Trinajstić information content (AvgIpc) is 2.66. The minimum absolute atomic E-state index is 0.118. The molecule has 3 aromatic rings. The highest BCUT2D eigenvalue weighted by Crippen LogP contribution is 2.50. The van der Waals surface area contributed by atoms with Gasteiger partial charge in [0.1, 0.15) is 28.8 Å². The van der Waals surface area contributed by atoms with Gasteiger partial charge in [0.25, 0.3) is 0 Å². The molecule has 6 nitrogen and oxygen atoms in total. The molecule has 0 aliphatic carbocycles. The minimum Gasteiger partial charge on any atom is -0.489 e. The molecular weight excluding hydrogens is 382 g/mol. The van der Waals surface area contributed by atoms with Crippen molar-refractivity contribution >= 4 is 28.5 Å². The molecule has 0 saturated carbocycles. The highest BCUT2D eigenvalue weighted by atomic mass is 16.5. The van der Waals surface area contributed by atoms with Crippen LogP contribution < -0.4 is 20.8 Å². The first-order chi connectivity index (χ1) is 14.2. The van der Waals surface area contributed by atoms with Crippen molar-refractivity contribution in [3.63, 3.8) is 0 Å². The second-order valence-corrected chi connectivity index (χ2v) is 8.35. The molecule has 0 radical (unpaired) electrons. The Kier molecular flexibility index (Phi) is 3.84. The lowest BCUT2D eigenvalue weighted by molar-refractivity contribution is 0.0869. The van der Waals surface area contributed by atoms with E-state index in [2.05, 4.69) is 0 Å². The molecule has 3 heterocycles. The van der Waals surface area contributed by atoms with Crippen LogP contribution in [-0.4, -0.2) is 17.5 Å². The first kappa shape index (κ1) is 18.5. The van der Waals surface area contributed by atoms with Crippen molar-refractivity contribution in [3.8, 4) is 22.6 Å². The first-order valence-electron chi connectivity index (χ1n) is 9.85. The van der Waals surface area contributed by atoms with Gasteiger partial charge < -0.3 is 19.6 Å². The van der Waals surface area contributed by atoms with Crippen molar-refractivity contribution in [2.24, 2.45) is 0 Å². The molecule has 1 aromatic heterocycles. The second-order valence-electron chi connectivity index (χ2n) is 8.35. The Bertz CT molecular complexity index is 1300. The zero-order valence-electron chi connectivity index (χ0n) is 16.9. The number of fused-ring (bicyclic) bond motifs is 6. The van der Waals surface area contributed by atoms with Crippen molar-refractivity contribution < 1.29 is 18.7 Å². The predicted octanol–water partition coefficient (Wildman–Crippen LogP) is 4.58. The van der Waals surface area contributed by atoms with Gasteiger partial charge in [-0.25, -0.2) is 4.79 Å². The van der Waals surface area contributed by atoms with Crippen LogP contribution in [0.15, 0.2) is 45.6 Å². The van der Waals surface area contributed by atoms with Gasteiger partial charge in [-0.3, -0.25) is 4.79 Å². The molecule has 152 valence electrons. The van der Waals surface area contributed by atoms with E-state index >= 15 is 0 Å². The zero-order chi connectivity index (χ0) is 21.2. The molecule has 0 amide bonds. The van der Waals surface area contributed by atoms with Crippen LogP contribution in [0.4, 0.5) is 5.69 Å². The number of carbonyl (C=O) groups is 1. The van der Waals surface area contributed by atoms with Crippen LogP contribution in [0.5, 0.6) is 11.5 Å². The van der Waals surface area contributed by atoms with E-state index in [-0.39, 0.29) is 23.9 Å². The number of ketones is 1. The second kappa shape index (κ2) is 6.23. The van der Waals surface area contributed by atoms with Gasteiger partial charge >= 0.3 is 5.63 Å². The predicted molar refractivity (Wildman–Crippen MR) is 115 cm³/mol. The zero-order valence-corrected chi connectivity index (χ0v) is 16.9. The first-order valence-corrected chi connectivity index (χ1v) is 9.85. The molecule has 6 heteroatoms. The van der Waals surface area contributed by atoms with Crippen LogP contribution in [0.2, 0.25) is 0 Å². The molecule has 2 aliphatic heterocycles. The molecule has 2 aromatic carbocycles. The van der Waals surface area contributed by atoms with E-state index in [0.29, 0.717) is 39.3 Å². The number of hydrogen-bond acceptors (Lipinski definition) is 6.